The first kappa shape index (κ1) is 11.2. The zero-order valence-corrected chi connectivity index (χ0v) is 9.42. The van der Waals surface area contributed by atoms with Crippen molar-refractivity contribution < 1.29 is 4.79 Å². The van der Waals surface area contributed by atoms with Crippen molar-refractivity contribution >= 4 is 16.6 Å². The number of rotatable bonds is 3. The van der Waals surface area contributed by atoms with Crippen molar-refractivity contribution in [3.8, 4) is 0 Å². The summed E-state index contributed by atoms with van der Waals surface area (Å²) in [7, 11) is 0. The molecule has 0 fully saturated rings. The van der Waals surface area contributed by atoms with Gasteiger partial charge < -0.3 is 0 Å². The molecule has 0 saturated heterocycles. The Labute approximate surface area is 98.5 Å². The lowest BCUT2D eigenvalue weighted by Crippen LogP contribution is -1.91. The standard InChI is InChI=1S/C13H11N3O/c1-9(17)11-4-5-12-6-10(8-15-16-14)2-3-13(12)7-11/h2-7H,8H2,1H3. The molecule has 0 aliphatic heterocycles. The molecular weight excluding hydrogens is 214 g/mol. The van der Waals surface area contributed by atoms with Gasteiger partial charge in [0.1, 0.15) is 0 Å². The highest BCUT2D eigenvalue weighted by Crippen LogP contribution is 2.18. The van der Waals surface area contributed by atoms with Crippen LogP contribution in [0.4, 0.5) is 0 Å². The number of carbonyl (C=O) groups excluding carboxylic acids is 1. The van der Waals surface area contributed by atoms with E-state index < -0.39 is 0 Å². The minimum absolute atomic E-state index is 0.0602. The van der Waals surface area contributed by atoms with Crippen LogP contribution in [0, 0.1) is 0 Å². The highest BCUT2D eigenvalue weighted by Gasteiger charge is 2.01. The lowest BCUT2D eigenvalue weighted by Gasteiger charge is -2.02. The van der Waals surface area contributed by atoms with E-state index in [1.165, 1.54) is 0 Å². The number of benzene rings is 2. The zero-order valence-electron chi connectivity index (χ0n) is 9.42. The molecule has 17 heavy (non-hydrogen) atoms. The van der Waals surface area contributed by atoms with Crippen LogP contribution < -0.4 is 0 Å². The smallest absolute Gasteiger partial charge is 0.159 e. The molecule has 0 spiro atoms. The summed E-state index contributed by atoms with van der Waals surface area (Å²) < 4.78 is 0. The first-order chi connectivity index (χ1) is 8.20. The molecule has 0 aliphatic carbocycles. The van der Waals surface area contributed by atoms with E-state index in [2.05, 4.69) is 10.0 Å². The molecule has 2 aromatic carbocycles. The number of carbonyl (C=O) groups is 1. The summed E-state index contributed by atoms with van der Waals surface area (Å²) in [6.07, 6.45) is 0. The topological polar surface area (TPSA) is 65.8 Å². The molecule has 4 heteroatoms. The van der Waals surface area contributed by atoms with E-state index in [-0.39, 0.29) is 5.78 Å². The third kappa shape index (κ3) is 2.44. The summed E-state index contributed by atoms with van der Waals surface area (Å²) in [4.78, 5) is 14.0. The number of fused-ring (bicyclic) bond motifs is 1. The zero-order chi connectivity index (χ0) is 12.3. The highest BCUT2D eigenvalue weighted by atomic mass is 16.1. The first-order valence-corrected chi connectivity index (χ1v) is 5.25. The van der Waals surface area contributed by atoms with Crippen molar-refractivity contribution in [3.63, 3.8) is 0 Å². The Morgan fingerprint density at radius 2 is 1.94 bits per heavy atom. The van der Waals surface area contributed by atoms with Gasteiger partial charge in [0.2, 0.25) is 0 Å². The Morgan fingerprint density at radius 3 is 2.65 bits per heavy atom. The van der Waals surface area contributed by atoms with Crippen molar-refractivity contribution in [2.45, 2.75) is 13.5 Å². The second-order valence-electron chi connectivity index (χ2n) is 3.84. The van der Waals surface area contributed by atoms with Gasteiger partial charge in [0.25, 0.3) is 0 Å². The summed E-state index contributed by atoms with van der Waals surface area (Å²) in [5.41, 5.74) is 9.93. The molecule has 2 aromatic rings. The number of nitrogens with zero attached hydrogens (tertiary/aromatic N) is 3. The highest BCUT2D eigenvalue weighted by molar-refractivity contribution is 5.98. The molecule has 4 nitrogen and oxygen atoms in total. The van der Waals surface area contributed by atoms with Gasteiger partial charge in [0.15, 0.2) is 5.78 Å². The summed E-state index contributed by atoms with van der Waals surface area (Å²) in [6, 6.07) is 11.4. The van der Waals surface area contributed by atoms with Crippen LogP contribution in [0.5, 0.6) is 0 Å². The monoisotopic (exact) mass is 225 g/mol. The van der Waals surface area contributed by atoms with Gasteiger partial charge in [-0.25, -0.2) is 0 Å². The maximum Gasteiger partial charge on any atom is 0.159 e. The first-order valence-electron chi connectivity index (χ1n) is 5.25. The molecule has 84 valence electrons. The largest absolute Gasteiger partial charge is 0.295 e. The Hall–Kier alpha value is -2.32. The number of ketones is 1. The van der Waals surface area contributed by atoms with Crippen LogP contribution >= 0.6 is 0 Å². The van der Waals surface area contributed by atoms with Gasteiger partial charge in [0, 0.05) is 10.5 Å². The summed E-state index contributed by atoms with van der Waals surface area (Å²) >= 11 is 0. The van der Waals surface area contributed by atoms with Crippen LogP contribution in [-0.4, -0.2) is 5.78 Å². The Morgan fingerprint density at radius 1 is 1.24 bits per heavy atom. The van der Waals surface area contributed by atoms with Gasteiger partial charge in [-0.05, 0) is 34.9 Å². The number of Topliss-reactive ketones (excluding diaryl/α,β-unsaturated/α-hetero) is 1. The van der Waals surface area contributed by atoms with Crippen LogP contribution in [0.25, 0.3) is 21.2 Å². The summed E-state index contributed by atoms with van der Waals surface area (Å²) in [5.74, 6) is 0.0602. The SMILES string of the molecule is CC(=O)c1ccc2cc(CN=[N+]=[N-])ccc2c1. The molecule has 0 unspecified atom stereocenters. The fourth-order valence-corrected chi connectivity index (χ4v) is 1.73. The van der Waals surface area contributed by atoms with E-state index in [9.17, 15) is 4.79 Å². The molecule has 0 atom stereocenters. The van der Waals surface area contributed by atoms with E-state index in [1.54, 1.807) is 6.92 Å². The van der Waals surface area contributed by atoms with Gasteiger partial charge in [-0.15, -0.1) is 0 Å². The van der Waals surface area contributed by atoms with E-state index >= 15 is 0 Å². The van der Waals surface area contributed by atoms with Crippen LogP contribution in [0.2, 0.25) is 0 Å². The predicted molar refractivity (Wildman–Crippen MR) is 66.8 cm³/mol. The number of hydrogen-bond donors (Lipinski definition) is 0. The number of hydrogen-bond acceptors (Lipinski definition) is 2. The maximum absolute atomic E-state index is 11.2. The van der Waals surface area contributed by atoms with E-state index in [0.29, 0.717) is 12.1 Å². The van der Waals surface area contributed by atoms with Gasteiger partial charge >= 0.3 is 0 Å². The van der Waals surface area contributed by atoms with E-state index in [4.69, 9.17) is 5.53 Å². The molecule has 0 saturated carbocycles. The fourth-order valence-electron chi connectivity index (χ4n) is 1.73. The third-order valence-electron chi connectivity index (χ3n) is 2.63. The lowest BCUT2D eigenvalue weighted by atomic mass is 10.0. The summed E-state index contributed by atoms with van der Waals surface area (Å²) in [6.45, 7) is 1.90. The van der Waals surface area contributed by atoms with Crippen molar-refractivity contribution in [2.75, 3.05) is 0 Å². The average molecular weight is 225 g/mol. The minimum Gasteiger partial charge on any atom is -0.295 e. The predicted octanol–water partition coefficient (Wildman–Crippen LogP) is 3.85. The van der Waals surface area contributed by atoms with Crippen molar-refractivity contribution in [1.29, 1.82) is 0 Å². The van der Waals surface area contributed by atoms with Crippen LogP contribution in [0.3, 0.4) is 0 Å². The Kier molecular flexibility index (Phi) is 3.08. The summed E-state index contributed by atoms with van der Waals surface area (Å²) in [5, 5.41) is 5.58. The molecular formula is C13H11N3O. The Balaban J connectivity index is 2.46. The van der Waals surface area contributed by atoms with Crippen LogP contribution in [-0.2, 0) is 6.54 Å². The van der Waals surface area contributed by atoms with Crippen LogP contribution in [0.1, 0.15) is 22.8 Å². The van der Waals surface area contributed by atoms with Crippen molar-refractivity contribution in [1.82, 2.24) is 0 Å². The quantitative estimate of drug-likeness (QED) is 0.338. The molecule has 0 aliphatic rings. The average Bonchev–Trinajstić information content (AvgIpc) is 2.35. The van der Waals surface area contributed by atoms with E-state index in [0.717, 1.165) is 16.3 Å². The van der Waals surface area contributed by atoms with Gasteiger partial charge in [-0.1, -0.05) is 35.4 Å². The molecule has 2 rings (SSSR count). The molecule has 0 amide bonds. The normalized spacial score (nSPS) is 9.94. The van der Waals surface area contributed by atoms with Crippen molar-refractivity contribution in [2.24, 2.45) is 5.11 Å². The molecule has 0 heterocycles. The van der Waals surface area contributed by atoms with Gasteiger partial charge in [-0.2, -0.15) is 0 Å². The maximum atomic E-state index is 11.2. The minimum atomic E-state index is 0.0602. The second kappa shape index (κ2) is 4.68. The molecule has 0 bridgehead atoms. The third-order valence-corrected chi connectivity index (χ3v) is 2.63. The second-order valence-corrected chi connectivity index (χ2v) is 3.84. The molecule has 0 aromatic heterocycles. The van der Waals surface area contributed by atoms with E-state index in [1.807, 2.05) is 36.4 Å². The van der Waals surface area contributed by atoms with Gasteiger partial charge in [-0.3, -0.25) is 4.79 Å². The molecule has 0 radical (unpaired) electrons. The Bertz CT molecular complexity index is 628. The van der Waals surface area contributed by atoms with Crippen LogP contribution in [0.15, 0.2) is 41.5 Å². The lowest BCUT2D eigenvalue weighted by molar-refractivity contribution is 0.101. The molecule has 0 N–H and O–H groups in total. The number of azide groups is 1. The van der Waals surface area contributed by atoms with Crippen molar-refractivity contribution in [3.05, 3.63) is 58.0 Å². The van der Waals surface area contributed by atoms with Gasteiger partial charge in [0.05, 0.1) is 6.54 Å². The fraction of sp³-hybridized carbons (Fsp3) is 0.154.